The van der Waals surface area contributed by atoms with Crippen molar-refractivity contribution in [3.63, 3.8) is 0 Å². The average molecular weight is 532 g/mol. The summed E-state index contributed by atoms with van der Waals surface area (Å²) in [5.74, 6) is 1.77. The molecule has 1 amide bonds. The van der Waals surface area contributed by atoms with Gasteiger partial charge in [-0.05, 0) is 30.7 Å². The Balaban J connectivity index is 1.27. The summed E-state index contributed by atoms with van der Waals surface area (Å²) >= 11 is 0. The van der Waals surface area contributed by atoms with Crippen molar-refractivity contribution in [1.82, 2.24) is 29.7 Å². The highest BCUT2D eigenvalue weighted by Gasteiger charge is 2.30. The van der Waals surface area contributed by atoms with Crippen molar-refractivity contribution in [3.8, 4) is 11.3 Å². The van der Waals surface area contributed by atoms with Crippen LogP contribution >= 0.6 is 0 Å². The summed E-state index contributed by atoms with van der Waals surface area (Å²) in [4.78, 5) is 39.9. The van der Waals surface area contributed by atoms with E-state index in [9.17, 15) is 4.79 Å². The number of aliphatic hydroxyl groups is 1. The zero-order valence-electron chi connectivity index (χ0n) is 21.9. The standard InChI is InChI=1S/C27H33N9O3/c28-26-29-17-20(18-30-26)23-22-5-6-36(24(22)32-27(31-23)35-12-15-39-16-13-35)21-3-1-19(2-4-21)25(38)34-9-7-33(8-10-34)11-14-37/h1-4,17-18,37H,5-16H2,(H2,28,29,30). The number of ether oxygens (including phenoxy) is 1. The number of carbonyl (C=O) groups excluding carboxylic acids is 1. The van der Waals surface area contributed by atoms with Gasteiger partial charge in [-0.1, -0.05) is 0 Å². The van der Waals surface area contributed by atoms with Crippen LogP contribution < -0.4 is 15.5 Å². The molecule has 204 valence electrons. The SMILES string of the molecule is Nc1ncc(-c2nc(N3CCOCC3)nc3c2CCN3c2ccc(C(=O)N3CCN(CCO)CC3)cc2)cn1. The van der Waals surface area contributed by atoms with Gasteiger partial charge >= 0.3 is 0 Å². The summed E-state index contributed by atoms with van der Waals surface area (Å²) in [6.45, 7) is 7.15. The van der Waals surface area contributed by atoms with Crippen molar-refractivity contribution < 1.29 is 14.6 Å². The fraction of sp³-hybridized carbons (Fsp3) is 0.444. The third-order valence-corrected chi connectivity index (χ3v) is 7.56. The number of β-amino-alcohol motifs (C(OH)–C–C–N with tert-alkyl or cyclic N) is 1. The molecule has 2 saturated heterocycles. The fourth-order valence-electron chi connectivity index (χ4n) is 5.38. The van der Waals surface area contributed by atoms with Gasteiger partial charge in [-0.15, -0.1) is 0 Å². The molecule has 12 heteroatoms. The number of amides is 1. The molecular formula is C27H33N9O3. The van der Waals surface area contributed by atoms with E-state index in [1.165, 1.54) is 0 Å². The van der Waals surface area contributed by atoms with Crippen molar-refractivity contribution in [2.45, 2.75) is 6.42 Å². The number of fused-ring (bicyclic) bond motifs is 1. The second-order valence-corrected chi connectivity index (χ2v) is 9.91. The van der Waals surface area contributed by atoms with Crippen molar-refractivity contribution >= 4 is 29.3 Å². The Morgan fingerprint density at radius 2 is 1.67 bits per heavy atom. The number of hydrogen-bond donors (Lipinski definition) is 2. The normalized spacial score (nSPS) is 17.9. The van der Waals surface area contributed by atoms with Crippen molar-refractivity contribution in [1.29, 1.82) is 0 Å². The maximum Gasteiger partial charge on any atom is 0.253 e. The van der Waals surface area contributed by atoms with Crippen LogP contribution in [0.15, 0.2) is 36.7 Å². The number of benzene rings is 1. The van der Waals surface area contributed by atoms with E-state index in [-0.39, 0.29) is 18.5 Å². The molecule has 0 unspecified atom stereocenters. The number of hydrogen-bond acceptors (Lipinski definition) is 11. The molecule has 3 aliphatic rings. The number of nitrogens with zero attached hydrogens (tertiary/aromatic N) is 8. The van der Waals surface area contributed by atoms with Crippen LogP contribution in [0.2, 0.25) is 0 Å². The number of morpholine rings is 1. The van der Waals surface area contributed by atoms with E-state index in [1.807, 2.05) is 29.2 Å². The molecule has 0 radical (unpaired) electrons. The smallest absolute Gasteiger partial charge is 0.253 e. The molecule has 39 heavy (non-hydrogen) atoms. The molecular weight excluding hydrogens is 498 g/mol. The van der Waals surface area contributed by atoms with E-state index in [2.05, 4.69) is 24.7 Å². The third-order valence-electron chi connectivity index (χ3n) is 7.56. The fourth-order valence-corrected chi connectivity index (χ4v) is 5.38. The first-order chi connectivity index (χ1) is 19.1. The minimum absolute atomic E-state index is 0.0367. The molecule has 3 aliphatic heterocycles. The van der Waals surface area contributed by atoms with Crippen LogP contribution in [0.1, 0.15) is 15.9 Å². The molecule has 12 nitrogen and oxygen atoms in total. The molecule has 0 bridgehead atoms. The minimum atomic E-state index is 0.0367. The lowest BCUT2D eigenvalue weighted by atomic mass is 10.1. The molecule has 3 N–H and O–H groups in total. The number of rotatable bonds is 6. The largest absolute Gasteiger partial charge is 0.395 e. The number of nitrogen functional groups attached to an aromatic ring is 1. The number of carbonyl (C=O) groups is 1. The van der Waals surface area contributed by atoms with Gasteiger partial charge < -0.3 is 30.3 Å². The van der Waals surface area contributed by atoms with Crippen LogP contribution in [0.3, 0.4) is 0 Å². The molecule has 2 aromatic heterocycles. The summed E-state index contributed by atoms with van der Waals surface area (Å²) in [6.07, 6.45) is 4.19. The molecule has 1 aromatic carbocycles. The van der Waals surface area contributed by atoms with Gasteiger partial charge in [0.1, 0.15) is 5.82 Å². The Bertz CT molecular complexity index is 1310. The van der Waals surface area contributed by atoms with Crippen LogP contribution in [-0.2, 0) is 11.2 Å². The number of anilines is 4. The lowest BCUT2D eigenvalue weighted by Crippen LogP contribution is -2.49. The first-order valence-electron chi connectivity index (χ1n) is 13.4. The summed E-state index contributed by atoms with van der Waals surface area (Å²) in [5.41, 5.74) is 10.0. The van der Waals surface area contributed by atoms with E-state index >= 15 is 0 Å². The van der Waals surface area contributed by atoms with Gasteiger partial charge in [-0.25, -0.2) is 15.0 Å². The van der Waals surface area contributed by atoms with Gasteiger partial charge in [0.25, 0.3) is 5.91 Å². The number of aliphatic hydroxyl groups excluding tert-OH is 1. The zero-order valence-corrected chi connectivity index (χ0v) is 21.9. The molecule has 3 aromatic rings. The highest BCUT2D eigenvalue weighted by atomic mass is 16.5. The Kier molecular flexibility index (Phi) is 7.22. The lowest BCUT2D eigenvalue weighted by Gasteiger charge is -2.34. The maximum absolute atomic E-state index is 13.1. The molecule has 0 aliphatic carbocycles. The number of nitrogens with two attached hydrogens (primary N) is 1. The van der Waals surface area contributed by atoms with Crippen molar-refractivity contribution in [2.75, 3.05) is 87.7 Å². The summed E-state index contributed by atoms with van der Waals surface area (Å²) in [7, 11) is 0. The second-order valence-electron chi connectivity index (χ2n) is 9.91. The van der Waals surface area contributed by atoms with Crippen LogP contribution in [0.5, 0.6) is 0 Å². The van der Waals surface area contributed by atoms with E-state index in [0.717, 1.165) is 67.5 Å². The first-order valence-corrected chi connectivity index (χ1v) is 13.4. The van der Waals surface area contributed by atoms with E-state index in [0.29, 0.717) is 44.4 Å². The highest BCUT2D eigenvalue weighted by Crippen LogP contribution is 2.39. The topological polar surface area (TPSA) is 137 Å². The number of piperazine rings is 1. The van der Waals surface area contributed by atoms with Gasteiger partial charge in [-0.2, -0.15) is 4.98 Å². The predicted octanol–water partition coefficient (Wildman–Crippen LogP) is 0.797. The van der Waals surface area contributed by atoms with Crippen LogP contribution in [-0.4, -0.2) is 113 Å². The molecule has 0 spiro atoms. The zero-order chi connectivity index (χ0) is 26.8. The summed E-state index contributed by atoms with van der Waals surface area (Å²) < 4.78 is 5.54. The summed E-state index contributed by atoms with van der Waals surface area (Å²) in [5, 5.41) is 9.16. The molecule has 6 rings (SSSR count). The summed E-state index contributed by atoms with van der Waals surface area (Å²) in [6, 6.07) is 7.78. The Hall–Kier alpha value is -3.87. The molecule has 5 heterocycles. The van der Waals surface area contributed by atoms with Crippen LogP contribution in [0.4, 0.5) is 23.4 Å². The van der Waals surface area contributed by atoms with Gasteiger partial charge in [0.05, 0.1) is 25.5 Å². The van der Waals surface area contributed by atoms with Crippen molar-refractivity contribution in [2.24, 2.45) is 0 Å². The molecule has 0 atom stereocenters. The first kappa shape index (κ1) is 25.4. The van der Waals surface area contributed by atoms with Gasteiger partial charge in [0.15, 0.2) is 0 Å². The van der Waals surface area contributed by atoms with Crippen molar-refractivity contribution in [3.05, 3.63) is 47.8 Å². The Morgan fingerprint density at radius 1 is 0.949 bits per heavy atom. The lowest BCUT2D eigenvalue weighted by molar-refractivity contribution is 0.0615. The Morgan fingerprint density at radius 3 is 2.36 bits per heavy atom. The van der Waals surface area contributed by atoms with Gasteiger partial charge in [0.2, 0.25) is 11.9 Å². The average Bonchev–Trinajstić information content (AvgIpc) is 3.42. The Labute approximate surface area is 227 Å². The van der Waals surface area contributed by atoms with E-state index in [4.69, 9.17) is 25.5 Å². The third kappa shape index (κ3) is 5.22. The monoisotopic (exact) mass is 531 g/mol. The molecule has 0 saturated carbocycles. The van der Waals surface area contributed by atoms with Crippen LogP contribution in [0, 0.1) is 0 Å². The minimum Gasteiger partial charge on any atom is -0.395 e. The number of aromatic nitrogens is 4. The van der Waals surface area contributed by atoms with E-state index < -0.39 is 0 Å². The predicted molar refractivity (Wildman–Crippen MR) is 147 cm³/mol. The van der Waals surface area contributed by atoms with Crippen LogP contribution in [0.25, 0.3) is 11.3 Å². The maximum atomic E-state index is 13.1. The second kappa shape index (κ2) is 11.1. The van der Waals surface area contributed by atoms with E-state index in [1.54, 1.807) is 12.4 Å². The van der Waals surface area contributed by atoms with Gasteiger partial charge in [-0.3, -0.25) is 9.69 Å². The quantitative estimate of drug-likeness (QED) is 0.467. The molecule has 2 fully saturated rings. The highest BCUT2D eigenvalue weighted by molar-refractivity contribution is 5.95. The van der Waals surface area contributed by atoms with Gasteiger partial charge in [0, 0.05) is 87.1 Å².